The number of methoxy groups -OCH3 is 1. The van der Waals surface area contributed by atoms with E-state index in [0.717, 1.165) is 16.7 Å². The van der Waals surface area contributed by atoms with E-state index in [4.69, 9.17) is 10.5 Å². The summed E-state index contributed by atoms with van der Waals surface area (Å²) in [6.45, 7) is 0.682. The summed E-state index contributed by atoms with van der Waals surface area (Å²) in [4.78, 5) is 0. The lowest BCUT2D eigenvalue weighted by Gasteiger charge is -2.07. The largest absolute Gasteiger partial charge is 0.495 e. The predicted octanol–water partition coefficient (Wildman–Crippen LogP) is 3.19. The summed E-state index contributed by atoms with van der Waals surface area (Å²) in [5.41, 5.74) is 9.94. The van der Waals surface area contributed by atoms with Crippen LogP contribution in [0.15, 0.2) is 60.9 Å². The summed E-state index contributed by atoms with van der Waals surface area (Å²) in [7, 11) is 1.62. The first kappa shape index (κ1) is 13.2. The van der Waals surface area contributed by atoms with Gasteiger partial charge in [0.1, 0.15) is 5.75 Å². The Hall–Kier alpha value is -2.75. The van der Waals surface area contributed by atoms with Crippen molar-refractivity contribution in [3.8, 4) is 16.9 Å². The van der Waals surface area contributed by atoms with Gasteiger partial charge in [-0.05, 0) is 23.3 Å². The SMILES string of the molecule is COc1ccc(Cn2cc(-c3ccccc3)cn2)cc1N. The molecule has 21 heavy (non-hydrogen) atoms. The highest BCUT2D eigenvalue weighted by Gasteiger charge is 2.04. The molecule has 3 aromatic rings. The Bertz CT molecular complexity index is 735. The lowest BCUT2D eigenvalue weighted by molar-refractivity contribution is 0.417. The van der Waals surface area contributed by atoms with Crippen LogP contribution in [0.4, 0.5) is 5.69 Å². The van der Waals surface area contributed by atoms with Gasteiger partial charge >= 0.3 is 0 Å². The maximum Gasteiger partial charge on any atom is 0.141 e. The van der Waals surface area contributed by atoms with Crippen LogP contribution in [0.1, 0.15) is 5.56 Å². The molecule has 3 rings (SSSR count). The second-order valence-electron chi connectivity index (χ2n) is 4.87. The van der Waals surface area contributed by atoms with Gasteiger partial charge in [0.15, 0.2) is 0 Å². The first-order chi connectivity index (χ1) is 10.3. The molecule has 1 heterocycles. The fraction of sp³-hybridized carbons (Fsp3) is 0.118. The second kappa shape index (κ2) is 5.71. The van der Waals surface area contributed by atoms with E-state index < -0.39 is 0 Å². The zero-order chi connectivity index (χ0) is 14.7. The highest BCUT2D eigenvalue weighted by atomic mass is 16.5. The third-order valence-electron chi connectivity index (χ3n) is 3.38. The molecule has 0 saturated heterocycles. The van der Waals surface area contributed by atoms with Gasteiger partial charge in [-0.2, -0.15) is 5.10 Å². The van der Waals surface area contributed by atoms with E-state index in [-0.39, 0.29) is 0 Å². The van der Waals surface area contributed by atoms with E-state index >= 15 is 0 Å². The van der Waals surface area contributed by atoms with Crippen LogP contribution >= 0.6 is 0 Å². The smallest absolute Gasteiger partial charge is 0.141 e. The Balaban J connectivity index is 1.80. The van der Waals surface area contributed by atoms with E-state index in [9.17, 15) is 0 Å². The van der Waals surface area contributed by atoms with E-state index in [1.165, 1.54) is 0 Å². The Morgan fingerprint density at radius 1 is 1.10 bits per heavy atom. The number of nitrogens with zero attached hydrogens (tertiary/aromatic N) is 2. The summed E-state index contributed by atoms with van der Waals surface area (Å²) in [6.07, 6.45) is 3.91. The van der Waals surface area contributed by atoms with Crippen LogP contribution in [0, 0.1) is 0 Å². The number of aromatic nitrogens is 2. The molecule has 0 aliphatic heterocycles. The molecule has 2 N–H and O–H groups in total. The predicted molar refractivity (Wildman–Crippen MR) is 84.2 cm³/mol. The second-order valence-corrected chi connectivity index (χ2v) is 4.87. The Morgan fingerprint density at radius 2 is 1.90 bits per heavy atom. The first-order valence-electron chi connectivity index (χ1n) is 6.76. The molecule has 0 radical (unpaired) electrons. The number of nitrogens with two attached hydrogens (primary N) is 1. The minimum atomic E-state index is 0.644. The Kier molecular flexibility index (Phi) is 3.60. The fourth-order valence-electron chi connectivity index (χ4n) is 2.30. The topological polar surface area (TPSA) is 53.1 Å². The number of rotatable bonds is 4. The highest BCUT2D eigenvalue weighted by Crippen LogP contribution is 2.23. The van der Waals surface area contributed by atoms with Crippen molar-refractivity contribution in [2.24, 2.45) is 0 Å². The average Bonchev–Trinajstić information content (AvgIpc) is 2.97. The van der Waals surface area contributed by atoms with Crippen LogP contribution in [0.25, 0.3) is 11.1 Å². The lowest BCUT2D eigenvalue weighted by Crippen LogP contribution is -2.01. The van der Waals surface area contributed by atoms with E-state index in [1.54, 1.807) is 7.11 Å². The molecule has 0 saturated carbocycles. The fourth-order valence-corrected chi connectivity index (χ4v) is 2.30. The Labute approximate surface area is 123 Å². The van der Waals surface area contributed by atoms with Gasteiger partial charge in [0.25, 0.3) is 0 Å². The van der Waals surface area contributed by atoms with Gasteiger partial charge in [-0.25, -0.2) is 0 Å². The van der Waals surface area contributed by atoms with Gasteiger partial charge in [-0.1, -0.05) is 36.4 Å². The molecule has 0 aliphatic carbocycles. The van der Waals surface area contributed by atoms with Crippen molar-refractivity contribution in [1.82, 2.24) is 9.78 Å². The number of nitrogen functional groups attached to an aromatic ring is 1. The molecule has 0 amide bonds. The minimum absolute atomic E-state index is 0.644. The third kappa shape index (κ3) is 2.89. The maximum atomic E-state index is 5.93. The summed E-state index contributed by atoms with van der Waals surface area (Å²) in [5, 5.41) is 4.40. The molecular formula is C17H17N3O. The number of benzene rings is 2. The monoisotopic (exact) mass is 279 g/mol. The molecule has 0 aliphatic rings. The van der Waals surface area contributed by atoms with Crippen LogP contribution in [0.3, 0.4) is 0 Å². The van der Waals surface area contributed by atoms with Crippen molar-refractivity contribution in [2.45, 2.75) is 6.54 Å². The quantitative estimate of drug-likeness (QED) is 0.746. The summed E-state index contributed by atoms with van der Waals surface area (Å²) in [5.74, 6) is 0.698. The highest BCUT2D eigenvalue weighted by molar-refractivity contribution is 5.61. The number of ether oxygens (including phenoxy) is 1. The van der Waals surface area contributed by atoms with Crippen molar-refractivity contribution in [3.63, 3.8) is 0 Å². The van der Waals surface area contributed by atoms with Crippen LogP contribution in [-0.2, 0) is 6.54 Å². The van der Waals surface area contributed by atoms with E-state index in [0.29, 0.717) is 18.0 Å². The molecule has 1 aromatic heterocycles. The van der Waals surface area contributed by atoms with Gasteiger partial charge in [-0.3, -0.25) is 4.68 Å². The first-order valence-corrected chi connectivity index (χ1v) is 6.76. The number of hydrogen-bond acceptors (Lipinski definition) is 3. The molecule has 0 unspecified atom stereocenters. The molecule has 0 fully saturated rings. The van der Waals surface area contributed by atoms with Crippen molar-refractivity contribution < 1.29 is 4.74 Å². The molecular weight excluding hydrogens is 262 g/mol. The minimum Gasteiger partial charge on any atom is -0.495 e. The van der Waals surface area contributed by atoms with Crippen LogP contribution < -0.4 is 10.5 Å². The molecule has 106 valence electrons. The van der Waals surface area contributed by atoms with Gasteiger partial charge in [0.2, 0.25) is 0 Å². The van der Waals surface area contributed by atoms with E-state index in [1.807, 2.05) is 53.5 Å². The summed E-state index contributed by atoms with van der Waals surface area (Å²) in [6, 6.07) is 16.0. The van der Waals surface area contributed by atoms with Crippen LogP contribution in [0.5, 0.6) is 5.75 Å². The van der Waals surface area contributed by atoms with Crippen molar-refractivity contribution >= 4 is 5.69 Å². The molecule has 0 atom stereocenters. The molecule has 2 aromatic carbocycles. The third-order valence-corrected chi connectivity index (χ3v) is 3.38. The number of anilines is 1. The maximum absolute atomic E-state index is 5.93. The van der Waals surface area contributed by atoms with E-state index in [2.05, 4.69) is 17.2 Å². The molecule has 4 heteroatoms. The normalized spacial score (nSPS) is 10.5. The van der Waals surface area contributed by atoms with Gasteiger partial charge in [-0.15, -0.1) is 0 Å². The van der Waals surface area contributed by atoms with Gasteiger partial charge < -0.3 is 10.5 Å². The zero-order valence-corrected chi connectivity index (χ0v) is 11.9. The van der Waals surface area contributed by atoms with Crippen molar-refractivity contribution in [1.29, 1.82) is 0 Å². The zero-order valence-electron chi connectivity index (χ0n) is 11.9. The summed E-state index contributed by atoms with van der Waals surface area (Å²) >= 11 is 0. The lowest BCUT2D eigenvalue weighted by atomic mass is 10.1. The summed E-state index contributed by atoms with van der Waals surface area (Å²) < 4.78 is 7.07. The molecule has 0 bridgehead atoms. The van der Waals surface area contributed by atoms with Gasteiger partial charge in [0, 0.05) is 11.8 Å². The Morgan fingerprint density at radius 3 is 2.62 bits per heavy atom. The number of hydrogen-bond donors (Lipinski definition) is 1. The van der Waals surface area contributed by atoms with Crippen molar-refractivity contribution in [2.75, 3.05) is 12.8 Å². The molecule has 0 spiro atoms. The van der Waals surface area contributed by atoms with Crippen LogP contribution in [0.2, 0.25) is 0 Å². The van der Waals surface area contributed by atoms with Crippen molar-refractivity contribution in [3.05, 3.63) is 66.5 Å². The van der Waals surface area contributed by atoms with Gasteiger partial charge in [0.05, 0.1) is 25.5 Å². The molecule has 4 nitrogen and oxygen atoms in total. The average molecular weight is 279 g/mol. The standard InChI is InChI=1S/C17H17N3O/c1-21-17-8-7-13(9-16(17)18)11-20-12-15(10-19-20)14-5-3-2-4-6-14/h2-10,12H,11,18H2,1H3. The van der Waals surface area contributed by atoms with Crippen LogP contribution in [-0.4, -0.2) is 16.9 Å².